The number of unbranched alkanes of at least 4 members (excludes halogenated alkanes) is 1. The quantitative estimate of drug-likeness (QED) is 0.109. The number of aryl methyl sites for hydroxylation is 1. The molecule has 2 heterocycles. The molecular formula is C27H28Cl2N4O. The molecule has 2 aromatic heterocycles. The van der Waals surface area contributed by atoms with Crippen LogP contribution in [0, 0.1) is 13.1 Å². The third-order valence-corrected chi connectivity index (χ3v) is 5.88. The highest BCUT2D eigenvalue weighted by Gasteiger charge is 2.11. The van der Waals surface area contributed by atoms with Crippen LogP contribution in [-0.4, -0.2) is 27.5 Å². The van der Waals surface area contributed by atoms with Crippen LogP contribution in [0.25, 0.3) is 31.5 Å². The van der Waals surface area contributed by atoms with Crippen LogP contribution in [0.5, 0.6) is 0 Å². The highest BCUT2D eigenvalue weighted by molar-refractivity contribution is 6.18. The first-order valence-corrected chi connectivity index (χ1v) is 11.8. The second kappa shape index (κ2) is 13.5. The normalized spacial score (nSPS) is 10.1. The Kier molecular flexibility index (Phi) is 10.7. The van der Waals surface area contributed by atoms with E-state index in [-0.39, 0.29) is 13.2 Å². The van der Waals surface area contributed by atoms with Gasteiger partial charge in [0, 0.05) is 47.2 Å². The number of Topliss-reactive ketones (excluding diaryl/α,β-unsaturated/α-hetero) is 1. The molecule has 34 heavy (non-hydrogen) atoms. The van der Waals surface area contributed by atoms with E-state index in [2.05, 4.69) is 19.7 Å². The first kappa shape index (κ1) is 27.0. The molecule has 0 aliphatic carbocycles. The highest BCUT2D eigenvalue weighted by atomic mass is 35.5. The van der Waals surface area contributed by atoms with Crippen molar-refractivity contribution in [3.63, 3.8) is 0 Å². The van der Waals surface area contributed by atoms with Gasteiger partial charge in [0.05, 0.1) is 13.1 Å². The summed E-state index contributed by atoms with van der Waals surface area (Å²) >= 11 is 11.2. The molecule has 4 rings (SSSR count). The summed E-state index contributed by atoms with van der Waals surface area (Å²) in [7, 11) is 0. The number of ketones is 1. The van der Waals surface area contributed by atoms with Gasteiger partial charge in [0.1, 0.15) is 0 Å². The Labute approximate surface area is 210 Å². The number of alkyl halides is 2. The van der Waals surface area contributed by atoms with E-state index in [0.717, 1.165) is 41.6 Å². The predicted octanol–water partition coefficient (Wildman–Crippen LogP) is 8.84. The van der Waals surface area contributed by atoms with Gasteiger partial charge in [-0.1, -0.05) is 19.6 Å². The molecule has 0 radical (unpaired) electrons. The van der Waals surface area contributed by atoms with Crippen molar-refractivity contribution in [2.75, 3.05) is 11.8 Å². The number of aromatic amines is 2. The van der Waals surface area contributed by atoms with Crippen LogP contribution >= 0.6 is 23.2 Å². The third-order valence-electron chi connectivity index (χ3n) is 5.34. The molecule has 0 atom stereocenters. The molecule has 7 heteroatoms. The monoisotopic (exact) mass is 494 g/mol. The third kappa shape index (κ3) is 6.64. The van der Waals surface area contributed by atoms with Gasteiger partial charge in [-0.2, -0.15) is 0 Å². The average molecular weight is 495 g/mol. The lowest BCUT2D eigenvalue weighted by molar-refractivity contribution is 0.0983. The number of carbonyl (C=O) groups is 1. The van der Waals surface area contributed by atoms with Crippen LogP contribution in [0.4, 0.5) is 11.4 Å². The molecule has 4 aromatic rings. The van der Waals surface area contributed by atoms with Gasteiger partial charge in [0.2, 0.25) is 0 Å². The number of carbonyl (C=O) groups excluding carboxylic acids is 1. The lowest BCUT2D eigenvalue weighted by atomic mass is 10.1. The average Bonchev–Trinajstić information content (AvgIpc) is 3.46. The predicted molar refractivity (Wildman–Crippen MR) is 144 cm³/mol. The fourth-order valence-electron chi connectivity index (χ4n) is 3.62. The number of nitrogens with one attached hydrogen (secondary N) is 2. The first-order chi connectivity index (χ1) is 16.1. The summed E-state index contributed by atoms with van der Waals surface area (Å²) in [5, 5.41) is 1.99. The number of H-pyrrole nitrogens is 2. The van der Waals surface area contributed by atoms with Crippen molar-refractivity contribution in [1.82, 2.24) is 9.97 Å². The van der Waals surface area contributed by atoms with E-state index in [1.807, 2.05) is 30.5 Å². The smallest absolute Gasteiger partial charge is 0.188 e. The number of hydrogen-bond donors (Lipinski definition) is 2. The number of hydrogen-bond acceptors (Lipinski definition) is 1. The first-order valence-electron chi connectivity index (χ1n) is 10.7. The lowest BCUT2D eigenvalue weighted by Gasteiger charge is -1.98. The van der Waals surface area contributed by atoms with Crippen molar-refractivity contribution >= 4 is 62.2 Å². The van der Waals surface area contributed by atoms with Crippen molar-refractivity contribution in [2.45, 2.75) is 39.5 Å². The fraction of sp³-hybridized carbons (Fsp3) is 0.296. The maximum absolute atomic E-state index is 11.9. The summed E-state index contributed by atoms with van der Waals surface area (Å²) in [6, 6.07) is 11.1. The van der Waals surface area contributed by atoms with Crippen LogP contribution in [-0.2, 0) is 6.42 Å². The van der Waals surface area contributed by atoms with Crippen LogP contribution in [0.1, 0.15) is 49.0 Å². The summed E-state index contributed by atoms with van der Waals surface area (Å²) in [5.41, 5.74) is 5.16. The molecule has 176 valence electrons. The SMILES string of the molecule is C.[C-]#[N+]c1ccc2[nH]cc(C(=O)CCCCl)c2c1.[C-]#[N+]c1ccc2[nH]cc(CCCCCl)c2c1. The maximum atomic E-state index is 11.9. The van der Waals surface area contributed by atoms with Crippen LogP contribution < -0.4 is 0 Å². The van der Waals surface area contributed by atoms with E-state index in [1.54, 1.807) is 18.3 Å². The van der Waals surface area contributed by atoms with E-state index in [4.69, 9.17) is 36.3 Å². The minimum Gasteiger partial charge on any atom is -0.361 e. The zero-order chi connectivity index (χ0) is 23.6. The number of aromatic nitrogens is 2. The number of fused-ring (bicyclic) bond motifs is 2. The number of benzene rings is 2. The standard InChI is InChI=1S/C13H11ClN2O.C13H13ClN2.CH4/c1-15-9-4-5-12-10(7-9)11(8-16-12)13(17)3-2-6-14;1-15-11-5-6-13-12(8-11)10(9-16-13)4-2-3-7-14;/h4-5,7-8,16H,2-3,6H2;5-6,8-9,16H,2-4,7H2;1H4. The molecule has 5 nitrogen and oxygen atoms in total. The van der Waals surface area contributed by atoms with Crippen LogP contribution in [0.2, 0.25) is 0 Å². The Balaban J connectivity index is 0.000000234. The molecule has 0 amide bonds. The van der Waals surface area contributed by atoms with E-state index < -0.39 is 0 Å². The van der Waals surface area contributed by atoms with Crippen molar-refractivity contribution in [3.8, 4) is 0 Å². The zero-order valence-corrected chi connectivity index (χ0v) is 19.6. The van der Waals surface area contributed by atoms with E-state index in [1.165, 1.54) is 10.9 Å². The van der Waals surface area contributed by atoms with Gasteiger partial charge in [-0.25, -0.2) is 9.69 Å². The summed E-state index contributed by atoms with van der Waals surface area (Å²) in [6.45, 7) is 14.0. The molecule has 2 N–H and O–H groups in total. The molecule has 0 saturated heterocycles. The van der Waals surface area contributed by atoms with Crippen molar-refractivity contribution in [1.29, 1.82) is 0 Å². The Hall–Kier alpha value is -3.25. The molecule has 0 bridgehead atoms. The van der Waals surface area contributed by atoms with Crippen LogP contribution in [0.15, 0.2) is 48.8 Å². The largest absolute Gasteiger partial charge is 0.361 e. The molecule has 0 aliphatic rings. The molecule has 0 saturated carbocycles. The Morgan fingerprint density at radius 3 is 2.03 bits per heavy atom. The minimum atomic E-state index is 0. The van der Waals surface area contributed by atoms with Gasteiger partial charge >= 0.3 is 0 Å². The van der Waals surface area contributed by atoms with Crippen molar-refractivity contribution in [2.24, 2.45) is 0 Å². The number of rotatable bonds is 8. The maximum Gasteiger partial charge on any atom is 0.188 e. The van der Waals surface area contributed by atoms with Gasteiger partial charge in [-0.15, -0.1) is 23.2 Å². The molecule has 0 aliphatic heterocycles. The second-order valence-electron chi connectivity index (χ2n) is 7.56. The van der Waals surface area contributed by atoms with Crippen molar-refractivity contribution in [3.05, 3.63) is 82.8 Å². The number of nitrogens with zero attached hydrogens (tertiary/aromatic N) is 2. The van der Waals surface area contributed by atoms with Crippen LogP contribution in [0.3, 0.4) is 0 Å². The summed E-state index contributed by atoms with van der Waals surface area (Å²) < 4.78 is 0. The van der Waals surface area contributed by atoms with Crippen molar-refractivity contribution < 1.29 is 4.79 Å². The van der Waals surface area contributed by atoms with Gasteiger partial charge in [-0.3, -0.25) is 4.79 Å². The Morgan fingerprint density at radius 1 is 0.824 bits per heavy atom. The summed E-state index contributed by atoms with van der Waals surface area (Å²) in [4.78, 5) is 25.0. The van der Waals surface area contributed by atoms with Gasteiger partial charge < -0.3 is 9.97 Å². The minimum absolute atomic E-state index is 0. The van der Waals surface area contributed by atoms with Gasteiger partial charge in [0.25, 0.3) is 0 Å². The van der Waals surface area contributed by atoms with Gasteiger partial charge in [-0.05, 0) is 66.3 Å². The topological polar surface area (TPSA) is 57.4 Å². The van der Waals surface area contributed by atoms with E-state index in [0.29, 0.717) is 35.7 Å². The van der Waals surface area contributed by atoms with E-state index in [9.17, 15) is 4.79 Å². The molecular weight excluding hydrogens is 467 g/mol. The zero-order valence-electron chi connectivity index (χ0n) is 18.1. The lowest BCUT2D eigenvalue weighted by Crippen LogP contribution is -1.97. The second-order valence-corrected chi connectivity index (χ2v) is 8.32. The van der Waals surface area contributed by atoms with E-state index >= 15 is 0 Å². The molecule has 2 aromatic carbocycles. The Morgan fingerprint density at radius 2 is 1.41 bits per heavy atom. The fourth-order valence-corrected chi connectivity index (χ4v) is 3.95. The Bertz CT molecular complexity index is 1320. The number of halogens is 2. The summed E-state index contributed by atoms with van der Waals surface area (Å²) in [5.74, 6) is 1.27. The molecule has 0 fully saturated rings. The highest BCUT2D eigenvalue weighted by Crippen LogP contribution is 2.26. The van der Waals surface area contributed by atoms with Gasteiger partial charge in [0.15, 0.2) is 17.2 Å². The summed E-state index contributed by atoms with van der Waals surface area (Å²) in [6.07, 6.45) is 8.01. The molecule has 0 spiro atoms. The molecule has 0 unspecified atom stereocenters.